The molecule has 0 saturated heterocycles. The number of hydrogen-bond acceptors (Lipinski definition) is 4. The summed E-state index contributed by atoms with van der Waals surface area (Å²) in [6.45, 7) is 0. The number of hydrogen-bond donors (Lipinski definition) is 1. The molecule has 0 fully saturated rings. The van der Waals surface area contributed by atoms with Crippen LogP contribution in [-0.2, 0) is 5.75 Å². The number of aromatic nitrogens is 2. The van der Waals surface area contributed by atoms with Crippen LogP contribution in [0.1, 0.15) is 5.82 Å². The van der Waals surface area contributed by atoms with Crippen molar-refractivity contribution in [3.8, 4) is 11.1 Å². The van der Waals surface area contributed by atoms with Gasteiger partial charge in [0.25, 0.3) is 5.56 Å². The van der Waals surface area contributed by atoms with Crippen LogP contribution < -0.4 is 5.56 Å². The molecule has 4 rings (SSSR count). The Labute approximate surface area is 147 Å². The first-order valence-electron chi connectivity index (χ1n) is 7.54. The molecule has 0 aliphatic rings. The summed E-state index contributed by atoms with van der Waals surface area (Å²) in [7, 11) is 0. The summed E-state index contributed by atoms with van der Waals surface area (Å²) in [5.41, 5.74) is 3.14. The molecule has 3 nitrogen and oxygen atoms in total. The van der Waals surface area contributed by atoms with Crippen LogP contribution >= 0.6 is 23.1 Å². The molecule has 2 aromatic carbocycles. The molecule has 24 heavy (non-hydrogen) atoms. The Kier molecular flexibility index (Phi) is 4.19. The van der Waals surface area contributed by atoms with Crippen molar-refractivity contribution in [3.05, 3.63) is 82.2 Å². The van der Waals surface area contributed by atoms with Crippen LogP contribution in [0.4, 0.5) is 0 Å². The van der Waals surface area contributed by atoms with Gasteiger partial charge in [0.05, 0.1) is 11.3 Å². The highest BCUT2D eigenvalue weighted by Gasteiger charge is 2.06. The van der Waals surface area contributed by atoms with E-state index in [2.05, 4.69) is 46.4 Å². The highest BCUT2D eigenvalue weighted by molar-refractivity contribution is 7.98. The molecule has 0 spiro atoms. The van der Waals surface area contributed by atoms with Crippen molar-refractivity contribution in [2.75, 3.05) is 0 Å². The molecule has 0 unspecified atom stereocenters. The molecule has 1 N–H and O–H groups in total. The zero-order chi connectivity index (χ0) is 16.4. The lowest BCUT2D eigenvalue weighted by Gasteiger charge is -2.05. The van der Waals surface area contributed by atoms with Gasteiger partial charge in [-0.1, -0.05) is 42.5 Å². The molecule has 0 atom stereocenters. The van der Waals surface area contributed by atoms with Crippen molar-refractivity contribution in [2.24, 2.45) is 0 Å². The molecule has 2 heterocycles. The molecule has 4 aromatic rings. The number of aromatic amines is 1. The summed E-state index contributed by atoms with van der Waals surface area (Å²) in [5.74, 6) is 1.36. The van der Waals surface area contributed by atoms with E-state index in [9.17, 15) is 4.79 Å². The molecule has 0 amide bonds. The van der Waals surface area contributed by atoms with Crippen molar-refractivity contribution in [2.45, 2.75) is 10.6 Å². The standard InChI is InChI=1S/C19H14N2OS2/c22-19-18-16(10-11-23-18)20-17(21-19)12-24-15-8-6-14(7-9-15)13-4-2-1-3-5-13/h1-11H,12H2,(H,20,21,22). The minimum Gasteiger partial charge on any atom is -0.309 e. The van der Waals surface area contributed by atoms with Crippen LogP contribution in [0.5, 0.6) is 0 Å². The SMILES string of the molecule is O=c1[nH]c(CSc2ccc(-c3ccccc3)cc2)nc2ccsc12. The second-order valence-electron chi connectivity index (χ2n) is 5.33. The summed E-state index contributed by atoms with van der Waals surface area (Å²) >= 11 is 3.09. The lowest BCUT2D eigenvalue weighted by atomic mass is 10.1. The highest BCUT2D eigenvalue weighted by Crippen LogP contribution is 2.26. The molecule has 0 aliphatic carbocycles. The number of thioether (sulfide) groups is 1. The maximum absolute atomic E-state index is 12.0. The zero-order valence-corrected chi connectivity index (χ0v) is 14.4. The fraction of sp³-hybridized carbons (Fsp3) is 0.0526. The third-order valence-corrected chi connectivity index (χ3v) is 5.63. The number of rotatable bonds is 4. The lowest BCUT2D eigenvalue weighted by molar-refractivity contribution is 1.04. The minimum atomic E-state index is -0.0509. The maximum Gasteiger partial charge on any atom is 0.268 e. The number of fused-ring (bicyclic) bond motifs is 1. The smallest absolute Gasteiger partial charge is 0.268 e. The monoisotopic (exact) mass is 350 g/mol. The van der Waals surface area contributed by atoms with E-state index in [4.69, 9.17) is 0 Å². The number of benzene rings is 2. The van der Waals surface area contributed by atoms with Crippen molar-refractivity contribution >= 4 is 33.3 Å². The van der Waals surface area contributed by atoms with E-state index in [0.29, 0.717) is 16.3 Å². The van der Waals surface area contributed by atoms with Crippen molar-refractivity contribution in [1.29, 1.82) is 0 Å². The van der Waals surface area contributed by atoms with Gasteiger partial charge in [0.2, 0.25) is 0 Å². The molecule has 0 radical (unpaired) electrons. The van der Waals surface area contributed by atoms with Crippen molar-refractivity contribution < 1.29 is 0 Å². The van der Waals surface area contributed by atoms with Crippen molar-refractivity contribution in [1.82, 2.24) is 9.97 Å². The largest absolute Gasteiger partial charge is 0.309 e. The van der Waals surface area contributed by atoms with Crippen LogP contribution in [0.3, 0.4) is 0 Å². The van der Waals surface area contributed by atoms with E-state index in [1.165, 1.54) is 22.5 Å². The Morgan fingerprint density at radius 3 is 2.50 bits per heavy atom. The molecular formula is C19H14N2OS2. The van der Waals surface area contributed by atoms with Gasteiger partial charge in [-0.15, -0.1) is 23.1 Å². The number of nitrogens with zero attached hydrogens (tertiary/aromatic N) is 1. The average Bonchev–Trinajstić information content (AvgIpc) is 3.10. The quantitative estimate of drug-likeness (QED) is 0.530. The van der Waals surface area contributed by atoms with Gasteiger partial charge >= 0.3 is 0 Å². The normalized spacial score (nSPS) is 11.0. The summed E-state index contributed by atoms with van der Waals surface area (Å²) in [6.07, 6.45) is 0. The molecule has 2 aromatic heterocycles. The molecule has 5 heteroatoms. The number of H-pyrrole nitrogens is 1. The number of nitrogens with one attached hydrogen (secondary N) is 1. The van der Waals surface area contributed by atoms with Gasteiger partial charge in [-0.05, 0) is 34.7 Å². The molecule has 118 valence electrons. The topological polar surface area (TPSA) is 45.8 Å². The summed E-state index contributed by atoms with van der Waals surface area (Å²) in [4.78, 5) is 20.5. The summed E-state index contributed by atoms with van der Waals surface area (Å²) in [6, 6.07) is 20.7. The second-order valence-corrected chi connectivity index (χ2v) is 7.29. The van der Waals surface area contributed by atoms with Crippen LogP contribution in [0.15, 0.2) is 75.7 Å². The maximum atomic E-state index is 12.0. The lowest BCUT2D eigenvalue weighted by Crippen LogP contribution is -2.09. The Bertz CT molecular complexity index is 1020. The third-order valence-electron chi connectivity index (χ3n) is 3.70. The minimum absolute atomic E-state index is 0.0509. The van der Waals surface area contributed by atoms with Gasteiger partial charge in [0, 0.05) is 4.90 Å². The van der Waals surface area contributed by atoms with E-state index in [0.717, 1.165) is 10.4 Å². The molecular weight excluding hydrogens is 336 g/mol. The van der Waals surface area contributed by atoms with Crippen LogP contribution in [-0.4, -0.2) is 9.97 Å². The van der Waals surface area contributed by atoms with Crippen LogP contribution in [0, 0.1) is 0 Å². The van der Waals surface area contributed by atoms with Gasteiger partial charge in [-0.3, -0.25) is 4.79 Å². The second kappa shape index (κ2) is 6.63. The fourth-order valence-corrected chi connectivity index (χ4v) is 4.01. The first-order valence-corrected chi connectivity index (χ1v) is 9.41. The molecule has 0 aliphatic heterocycles. The van der Waals surface area contributed by atoms with E-state index in [1.54, 1.807) is 11.8 Å². The Balaban J connectivity index is 1.50. The third kappa shape index (κ3) is 3.13. The zero-order valence-electron chi connectivity index (χ0n) is 12.7. The van der Waals surface area contributed by atoms with Gasteiger partial charge in [0.1, 0.15) is 10.5 Å². The highest BCUT2D eigenvalue weighted by atomic mass is 32.2. The van der Waals surface area contributed by atoms with E-state index < -0.39 is 0 Å². The summed E-state index contributed by atoms with van der Waals surface area (Å²) in [5, 5.41) is 1.89. The predicted molar refractivity (Wildman–Crippen MR) is 102 cm³/mol. The number of thiophene rings is 1. The van der Waals surface area contributed by atoms with Gasteiger partial charge in [-0.25, -0.2) is 4.98 Å². The summed E-state index contributed by atoms with van der Waals surface area (Å²) < 4.78 is 0.691. The Morgan fingerprint density at radius 2 is 1.71 bits per heavy atom. The average molecular weight is 350 g/mol. The fourth-order valence-electron chi connectivity index (χ4n) is 2.52. The van der Waals surface area contributed by atoms with E-state index in [-0.39, 0.29) is 5.56 Å². The first-order chi connectivity index (χ1) is 11.8. The van der Waals surface area contributed by atoms with E-state index in [1.807, 2.05) is 29.6 Å². The molecule has 0 bridgehead atoms. The Morgan fingerprint density at radius 1 is 0.958 bits per heavy atom. The predicted octanol–water partition coefficient (Wildman–Crippen LogP) is 4.94. The first kappa shape index (κ1) is 15.2. The van der Waals surface area contributed by atoms with E-state index >= 15 is 0 Å². The van der Waals surface area contributed by atoms with Gasteiger partial charge in [0.15, 0.2) is 0 Å². The van der Waals surface area contributed by atoms with Gasteiger partial charge < -0.3 is 4.98 Å². The van der Waals surface area contributed by atoms with Gasteiger partial charge in [-0.2, -0.15) is 0 Å². The van der Waals surface area contributed by atoms with Crippen LogP contribution in [0.25, 0.3) is 21.3 Å². The molecule has 0 saturated carbocycles. The van der Waals surface area contributed by atoms with Crippen LogP contribution in [0.2, 0.25) is 0 Å². The van der Waals surface area contributed by atoms with Crippen molar-refractivity contribution in [3.63, 3.8) is 0 Å². The Hall–Kier alpha value is -2.37.